The molecule has 1 aromatic carbocycles. The van der Waals surface area contributed by atoms with E-state index >= 15 is 0 Å². The van der Waals surface area contributed by atoms with E-state index in [0.29, 0.717) is 11.2 Å². The van der Waals surface area contributed by atoms with Gasteiger partial charge >= 0.3 is 5.69 Å². The van der Waals surface area contributed by atoms with E-state index < -0.39 is 29.5 Å². The molecule has 2 atom stereocenters. The maximum atomic E-state index is 13.6. The van der Waals surface area contributed by atoms with Gasteiger partial charge in [-0.25, -0.2) is 9.18 Å². The van der Waals surface area contributed by atoms with Gasteiger partial charge in [0.2, 0.25) is 5.91 Å². The highest BCUT2D eigenvalue weighted by Gasteiger charge is 2.22. The number of amides is 1. The second-order valence-electron chi connectivity index (χ2n) is 5.60. The van der Waals surface area contributed by atoms with Crippen LogP contribution < -0.4 is 11.0 Å². The zero-order valence-corrected chi connectivity index (χ0v) is 14.2. The highest BCUT2D eigenvalue weighted by atomic mass is 35.5. The van der Waals surface area contributed by atoms with E-state index in [0.717, 1.165) is 9.20 Å². The molecule has 2 aromatic heterocycles. The average molecular weight is 364 g/mol. The van der Waals surface area contributed by atoms with E-state index in [-0.39, 0.29) is 5.02 Å². The highest BCUT2D eigenvalue weighted by molar-refractivity contribution is 6.30. The molecule has 0 saturated heterocycles. The fraction of sp³-hybridized carbons (Fsp3) is 0.250. The lowest BCUT2D eigenvalue weighted by Crippen LogP contribution is -2.37. The maximum Gasteiger partial charge on any atom is 0.367 e. The van der Waals surface area contributed by atoms with E-state index in [1.165, 1.54) is 18.3 Å². The number of nitrogens with one attached hydrogen (secondary N) is 1. The summed E-state index contributed by atoms with van der Waals surface area (Å²) in [5.74, 6) is -0.982. The molecular formula is C16H15ClFN5O2. The summed E-state index contributed by atoms with van der Waals surface area (Å²) in [6.07, 6.45) is 1.46. The molecule has 0 bridgehead atoms. The first-order valence-corrected chi connectivity index (χ1v) is 7.94. The Bertz CT molecular complexity index is 1000. The normalized spacial score (nSPS) is 13.6. The van der Waals surface area contributed by atoms with Gasteiger partial charge in [0, 0.05) is 6.20 Å². The van der Waals surface area contributed by atoms with Crippen LogP contribution in [0.25, 0.3) is 5.65 Å². The fourth-order valence-electron chi connectivity index (χ4n) is 2.40. The second-order valence-corrected chi connectivity index (χ2v) is 6.01. The molecule has 7 nitrogen and oxygen atoms in total. The van der Waals surface area contributed by atoms with Crippen LogP contribution >= 0.6 is 11.6 Å². The van der Waals surface area contributed by atoms with E-state index in [4.69, 9.17) is 11.6 Å². The first-order valence-electron chi connectivity index (χ1n) is 7.56. The van der Waals surface area contributed by atoms with Crippen LogP contribution in [0.5, 0.6) is 0 Å². The maximum absolute atomic E-state index is 13.6. The van der Waals surface area contributed by atoms with E-state index in [1.54, 1.807) is 32.0 Å². The van der Waals surface area contributed by atoms with E-state index in [1.807, 2.05) is 0 Å². The van der Waals surface area contributed by atoms with Gasteiger partial charge in [-0.05, 0) is 43.7 Å². The minimum atomic E-state index is -0.853. The third kappa shape index (κ3) is 3.25. The number of nitrogens with zero attached hydrogens (tertiary/aromatic N) is 4. The molecule has 9 heteroatoms. The van der Waals surface area contributed by atoms with Gasteiger partial charge in [-0.15, -0.1) is 5.10 Å². The summed E-state index contributed by atoms with van der Waals surface area (Å²) in [4.78, 5) is 24.7. The Kier molecular flexibility index (Phi) is 4.54. The number of carbonyl (C=O) groups excluding carboxylic acids is 1. The summed E-state index contributed by atoms with van der Waals surface area (Å²) in [6.45, 7) is 3.26. The largest absolute Gasteiger partial charge is 0.367 e. The highest BCUT2D eigenvalue weighted by Crippen LogP contribution is 2.20. The van der Waals surface area contributed by atoms with Crippen molar-refractivity contribution < 1.29 is 9.18 Å². The lowest BCUT2D eigenvalue weighted by Gasteiger charge is -2.17. The van der Waals surface area contributed by atoms with Crippen LogP contribution in [-0.2, 0) is 4.79 Å². The topological polar surface area (TPSA) is 81.3 Å². The number of fused-ring (bicyclic) bond motifs is 1. The smallest absolute Gasteiger partial charge is 0.348 e. The fourth-order valence-corrected chi connectivity index (χ4v) is 2.52. The molecule has 3 rings (SSSR count). The predicted octanol–water partition coefficient (Wildman–Crippen LogP) is 2.12. The zero-order valence-electron chi connectivity index (χ0n) is 13.5. The van der Waals surface area contributed by atoms with Crippen LogP contribution in [0.2, 0.25) is 5.02 Å². The Morgan fingerprint density at radius 3 is 2.76 bits per heavy atom. The van der Waals surface area contributed by atoms with Gasteiger partial charge in [-0.1, -0.05) is 17.7 Å². The number of carbonyl (C=O) groups is 1. The summed E-state index contributed by atoms with van der Waals surface area (Å²) in [7, 11) is 0. The number of halogens is 2. The number of aromatic nitrogens is 4. The molecule has 130 valence electrons. The minimum absolute atomic E-state index is 0.0133. The molecule has 1 N–H and O–H groups in total. The number of rotatable bonds is 4. The lowest BCUT2D eigenvalue weighted by atomic mass is 10.1. The first-order chi connectivity index (χ1) is 11.9. The lowest BCUT2D eigenvalue weighted by molar-refractivity contribution is -0.124. The van der Waals surface area contributed by atoms with Gasteiger partial charge in [0.1, 0.15) is 11.9 Å². The average Bonchev–Trinajstić information content (AvgIpc) is 2.93. The molecule has 0 aliphatic heterocycles. The van der Waals surface area contributed by atoms with Crippen molar-refractivity contribution >= 4 is 23.2 Å². The van der Waals surface area contributed by atoms with Gasteiger partial charge in [0.25, 0.3) is 0 Å². The van der Waals surface area contributed by atoms with Gasteiger partial charge in [0.15, 0.2) is 5.65 Å². The van der Waals surface area contributed by atoms with Gasteiger partial charge in [-0.2, -0.15) is 14.3 Å². The SMILES string of the molecule is C[C@H](NC(=O)[C@H](C)n1nc2cccnn2c1=O)c1ccc(Cl)c(F)c1. The van der Waals surface area contributed by atoms with Gasteiger partial charge in [-0.3, -0.25) is 4.79 Å². The van der Waals surface area contributed by atoms with Crippen LogP contribution in [0.3, 0.4) is 0 Å². The molecule has 0 unspecified atom stereocenters. The standard InChI is InChI=1S/C16H15ClFN5O2/c1-9(11-5-6-12(17)13(18)8-11)20-15(24)10(2)22-16(25)23-14(21-22)4-3-7-19-23/h3-10H,1-2H3,(H,20,24)/t9-,10-/m0/s1. The Morgan fingerprint density at radius 2 is 2.08 bits per heavy atom. The van der Waals surface area contributed by atoms with Gasteiger partial charge in [0.05, 0.1) is 11.1 Å². The summed E-state index contributed by atoms with van der Waals surface area (Å²) in [5, 5.41) is 10.8. The Labute approximate surface area is 147 Å². The Hall–Kier alpha value is -2.74. The van der Waals surface area contributed by atoms with Crippen LogP contribution in [0, 0.1) is 5.82 Å². The first kappa shape index (κ1) is 17.1. The van der Waals surface area contributed by atoms with E-state index in [9.17, 15) is 14.0 Å². The molecule has 25 heavy (non-hydrogen) atoms. The second kappa shape index (κ2) is 6.64. The van der Waals surface area contributed by atoms with Crippen LogP contribution in [0.4, 0.5) is 4.39 Å². The van der Waals surface area contributed by atoms with Crippen LogP contribution in [0.1, 0.15) is 31.5 Å². The molecule has 0 aliphatic carbocycles. The van der Waals surface area contributed by atoms with Crippen LogP contribution in [-0.4, -0.2) is 25.3 Å². The minimum Gasteiger partial charge on any atom is -0.348 e. The third-order valence-corrected chi connectivity index (χ3v) is 4.17. The van der Waals surface area contributed by atoms with Crippen molar-refractivity contribution in [1.29, 1.82) is 0 Å². The van der Waals surface area contributed by atoms with Crippen molar-refractivity contribution in [2.45, 2.75) is 25.9 Å². The number of hydrogen-bond donors (Lipinski definition) is 1. The van der Waals surface area contributed by atoms with Crippen molar-refractivity contribution in [3.05, 3.63) is 63.4 Å². The van der Waals surface area contributed by atoms with Crippen molar-refractivity contribution in [1.82, 2.24) is 24.7 Å². The summed E-state index contributed by atoms with van der Waals surface area (Å²) < 4.78 is 15.7. The Morgan fingerprint density at radius 1 is 1.32 bits per heavy atom. The molecule has 3 aromatic rings. The summed E-state index contributed by atoms with van der Waals surface area (Å²) in [5.41, 5.74) is 0.398. The Balaban J connectivity index is 1.80. The van der Waals surface area contributed by atoms with Crippen molar-refractivity contribution in [3.63, 3.8) is 0 Å². The number of benzene rings is 1. The predicted molar refractivity (Wildman–Crippen MR) is 89.9 cm³/mol. The quantitative estimate of drug-likeness (QED) is 0.769. The monoisotopic (exact) mass is 363 g/mol. The van der Waals surface area contributed by atoms with Crippen molar-refractivity contribution in [3.8, 4) is 0 Å². The molecule has 0 spiro atoms. The van der Waals surface area contributed by atoms with Crippen LogP contribution in [0.15, 0.2) is 41.3 Å². The molecule has 0 saturated carbocycles. The summed E-state index contributed by atoms with van der Waals surface area (Å²) in [6, 6.07) is 6.27. The zero-order chi connectivity index (χ0) is 18.1. The van der Waals surface area contributed by atoms with Crippen molar-refractivity contribution in [2.24, 2.45) is 0 Å². The van der Waals surface area contributed by atoms with E-state index in [2.05, 4.69) is 15.5 Å². The third-order valence-electron chi connectivity index (χ3n) is 3.87. The molecular weight excluding hydrogens is 349 g/mol. The molecule has 0 aliphatic rings. The summed E-state index contributed by atoms with van der Waals surface area (Å²) >= 11 is 5.66. The molecule has 1 amide bonds. The van der Waals surface area contributed by atoms with Gasteiger partial charge < -0.3 is 5.32 Å². The molecule has 0 fully saturated rings. The number of hydrogen-bond acceptors (Lipinski definition) is 4. The molecule has 0 radical (unpaired) electrons. The van der Waals surface area contributed by atoms with Crippen molar-refractivity contribution in [2.75, 3.05) is 0 Å². The molecule has 2 heterocycles.